The summed E-state index contributed by atoms with van der Waals surface area (Å²) in [4.78, 5) is 11.1. The topological polar surface area (TPSA) is 83.5 Å². The highest BCUT2D eigenvalue weighted by molar-refractivity contribution is 7.89. The van der Waals surface area contributed by atoms with E-state index in [4.69, 9.17) is 5.11 Å². The molecular weight excluding hydrogens is 290 g/mol. The fourth-order valence-corrected chi connectivity index (χ4v) is 3.03. The van der Waals surface area contributed by atoms with E-state index in [1.54, 1.807) is 12.1 Å². The van der Waals surface area contributed by atoms with Crippen LogP contribution in [0, 0.1) is 0 Å². The van der Waals surface area contributed by atoms with Gasteiger partial charge in [0.05, 0.1) is 4.90 Å². The molecule has 0 saturated carbocycles. The van der Waals surface area contributed by atoms with Crippen molar-refractivity contribution in [1.29, 1.82) is 0 Å². The Bertz CT molecular complexity index is 593. The van der Waals surface area contributed by atoms with Crippen molar-refractivity contribution >= 4 is 16.0 Å². The van der Waals surface area contributed by atoms with Gasteiger partial charge in [0.25, 0.3) is 0 Å². The number of carbonyl (C=O) groups is 1. The van der Waals surface area contributed by atoms with Gasteiger partial charge in [-0.05, 0) is 36.5 Å². The molecule has 0 fully saturated rings. The first-order valence-corrected chi connectivity index (χ1v) is 8.26. The van der Waals surface area contributed by atoms with Gasteiger partial charge in [0.15, 0.2) is 0 Å². The predicted octanol–water partition coefficient (Wildman–Crippen LogP) is 2.51. The van der Waals surface area contributed by atoms with Crippen LogP contribution in [0.1, 0.15) is 38.2 Å². The van der Waals surface area contributed by atoms with Gasteiger partial charge in [-0.25, -0.2) is 8.42 Å². The van der Waals surface area contributed by atoms with Gasteiger partial charge < -0.3 is 5.11 Å². The highest BCUT2D eigenvalue weighted by atomic mass is 32.2. The number of nitrogens with one attached hydrogen (secondary N) is 1. The van der Waals surface area contributed by atoms with Crippen LogP contribution in [0.3, 0.4) is 0 Å². The number of rotatable bonds is 8. The molecule has 0 aromatic heterocycles. The van der Waals surface area contributed by atoms with E-state index >= 15 is 0 Å². The molecule has 0 aliphatic carbocycles. The Morgan fingerprint density at radius 3 is 2.38 bits per heavy atom. The molecule has 2 atom stereocenters. The first kappa shape index (κ1) is 17.4. The standard InChI is InChI=1S/C15H21NO4S/c1-4-6-14(15(17)18)16-21(19,20)13-9-7-12(8-10-13)11(3)5-2/h4,7-11,14,16H,1,5-6H2,2-3H3,(H,17,18). The molecule has 0 spiro atoms. The van der Waals surface area contributed by atoms with Crippen LogP contribution in [-0.4, -0.2) is 25.5 Å². The molecule has 2 unspecified atom stereocenters. The fourth-order valence-electron chi connectivity index (χ4n) is 1.83. The highest BCUT2D eigenvalue weighted by Gasteiger charge is 2.24. The minimum Gasteiger partial charge on any atom is -0.480 e. The van der Waals surface area contributed by atoms with Crippen LogP contribution in [0.4, 0.5) is 0 Å². The molecule has 0 amide bonds. The summed E-state index contributed by atoms with van der Waals surface area (Å²) in [5.41, 5.74) is 1.05. The normalized spacial score (nSPS) is 14.4. The highest BCUT2D eigenvalue weighted by Crippen LogP contribution is 2.20. The van der Waals surface area contributed by atoms with E-state index in [9.17, 15) is 13.2 Å². The molecule has 1 aromatic carbocycles. The largest absolute Gasteiger partial charge is 0.480 e. The zero-order valence-electron chi connectivity index (χ0n) is 12.2. The molecule has 6 heteroatoms. The number of carboxylic acids is 1. The van der Waals surface area contributed by atoms with Crippen molar-refractivity contribution < 1.29 is 18.3 Å². The Kier molecular flexibility index (Phi) is 6.11. The van der Waals surface area contributed by atoms with Gasteiger partial charge in [-0.2, -0.15) is 4.72 Å². The summed E-state index contributed by atoms with van der Waals surface area (Å²) in [6.45, 7) is 7.55. The van der Waals surface area contributed by atoms with Gasteiger partial charge in [-0.1, -0.05) is 32.1 Å². The molecule has 0 heterocycles. The van der Waals surface area contributed by atoms with Crippen molar-refractivity contribution in [3.05, 3.63) is 42.5 Å². The van der Waals surface area contributed by atoms with Gasteiger partial charge in [0, 0.05) is 0 Å². The van der Waals surface area contributed by atoms with E-state index in [0.29, 0.717) is 5.92 Å². The van der Waals surface area contributed by atoms with Crippen molar-refractivity contribution in [1.82, 2.24) is 4.72 Å². The predicted molar refractivity (Wildman–Crippen MR) is 81.7 cm³/mol. The lowest BCUT2D eigenvalue weighted by atomic mass is 9.99. The van der Waals surface area contributed by atoms with Crippen molar-refractivity contribution in [2.75, 3.05) is 0 Å². The molecule has 0 bridgehead atoms. The fraction of sp³-hybridized carbons (Fsp3) is 0.400. The third kappa shape index (κ3) is 4.68. The molecule has 5 nitrogen and oxygen atoms in total. The summed E-state index contributed by atoms with van der Waals surface area (Å²) in [6, 6.07) is 5.30. The monoisotopic (exact) mass is 311 g/mol. The summed E-state index contributed by atoms with van der Waals surface area (Å²) in [6.07, 6.45) is 2.36. The van der Waals surface area contributed by atoms with Crippen molar-refractivity contribution in [2.45, 2.75) is 43.5 Å². The number of carboxylic acid groups (broad SMARTS) is 1. The number of hydrogen-bond donors (Lipinski definition) is 2. The number of hydrogen-bond acceptors (Lipinski definition) is 3. The van der Waals surface area contributed by atoms with E-state index in [1.165, 1.54) is 18.2 Å². The lowest BCUT2D eigenvalue weighted by Gasteiger charge is -2.14. The molecule has 0 radical (unpaired) electrons. The van der Waals surface area contributed by atoms with Gasteiger partial charge >= 0.3 is 5.97 Å². The number of aliphatic carboxylic acids is 1. The van der Waals surface area contributed by atoms with Crippen LogP contribution in [0.25, 0.3) is 0 Å². The maximum atomic E-state index is 12.2. The minimum absolute atomic E-state index is 0.0273. The molecule has 0 saturated heterocycles. The third-order valence-electron chi connectivity index (χ3n) is 3.37. The molecule has 1 rings (SSSR count). The second-order valence-electron chi connectivity index (χ2n) is 4.91. The Hall–Kier alpha value is -1.66. The summed E-state index contributed by atoms with van der Waals surface area (Å²) < 4.78 is 26.5. The molecule has 0 aliphatic rings. The van der Waals surface area contributed by atoms with Crippen LogP contribution in [0.15, 0.2) is 41.8 Å². The molecule has 2 N–H and O–H groups in total. The second kappa shape index (κ2) is 7.38. The van der Waals surface area contributed by atoms with Crippen LogP contribution < -0.4 is 4.72 Å². The van der Waals surface area contributed by atoms with E-state index in [2.05, 4.69) is 25.1 Å². The number of benzene rings is 1. The molecule has 21 heavy (non-hydrogen) atoms. The van der Waals surface area contributed by atoms with Crippen LogP contribution in [0.5, 0.6) is 0 Å². The van der Waals surface area contributed by atoms with E-state index < -0.39 is 22.0 Å². The second-order valence-corrected chi connectivity index (χ2v) is 6.63. The Labute approximate surface area is 125 Å². The van der Waals surface area contributed by atoms with E-state index in [1.807, 2.05) is 0 Å². The maximum Gasteiger partial charge on any atom is 0.322 e. The smallest absolute Gasteiger partial charge is 0.322 e. The van der Waals surface area contributed by atoms with Crippen molar-refractivity contribution in [3.63, 3.8) is 0 Å². The van der Waals surface area contributed by atoms with Gasteiger partial charge in [-0.15, -0.1) is 6.58 Å². The maximum absolute atomic E-state index is 12.2. The summed E-state index contributed by atoms with van der Waals surface area (Å²) in [5.74, 6) is -0.878. The lowest BCUT2D eigenvalue weighted by Crippen LogP contribution is -2.40. The molecule has 116 valence electrons. The van der Waals surface area contributed by atoms with E-state index in [0.717, 1.165) is 12.0 Å². The number of sulfonamides is 1. The molecule has 0 aliphatic heterocycles. The van der Waals surface area contributed by atoms with Gasteiger partial charge in [-0.3, -0.25) is 4.79 Å². The zero-order valence-corrected chi connectivity index (χ0v) is 13.1. The summed E-state index contributed by atoms with van der Waals surface area (Å²) >= 11 is 0. The van der Waals surface area contributed by atoms with Gasteiger partial charge in [0.1, 0.15) is 6.04 Å². The first-order chi connectivity index (χ1) is 9.81. The summed E-state index contributed by atoms with van der Waals surface area (Å²) in [7, 11) is -3.85. The average Bonchev–Trinajstić information content (AvgIpc) is 2.45. The lowest BCUT2D eigenvalue weighted by molar-refractivity contribution is -0.138. The quantitative estimate of drug-likeness (QED) is 0.723. The third-order valence-corrected chi connectivity index (χ3v) is 4.86. The minimum atomic E-state index is -3.85. The Morgan fingerprint density at radius 1 is 1.38 bits per heavy atom. The summed E-state index contributed by atoms with van der Waals surface area (Å²) in [5, 5.41) is 8.99. The Morgan fingerprint density at radius 2 is 1.95 bits per heavy atom. The SMILES string of the molecule is C=CCC(NS(=O)(=O)c1ccc(C(C)CC)cc1)C(=O)O. The van der Waals surface area contributed by atoms with E-state index in [-0.39, 0.29) is 11.3 Å². The van der Waals surface area contributed by atoms with Crippen LogP contribution in [-0.2, 0) is 14.8 Å². The first-order valence-electron chi connectivity index (χ1n) is 6.77. The van der Waals surface area contributed by atoms with Crippen molar-refractivity contribution in [2.24, 2.45) is 0 Å². The van der Waals surface area contributed by atoms with Crippen LogP contribution in [0.2, 0.25) is 0 Å². The zero-order chi connectivity index (χ0) is 16.0. The van der Waals surface area contributed by atoms with Crippen molar-refractivity contribution in [3.8, 4) is 0 Å². The van der Waals surface area contributed by atoms with Crippen LogP contribution >= 0.6 is 0 Å². The Balaban J connectivity index is 2.97. The molecule has 1 aromatic rings. The van der Waals surface area contributed by atoms with Gasteiger partial charge in [0.2, 0.25) is 10.0 Å². The average molecular weight is 311 g/mol. The molecular formula is C15H21NO4S.